The van der Waals surface area contributed by atoms with Gasteiger partial charge < -0.3 is 0 Å². The van der Waals surface area contributed by atoms with E-state index in [1.54, 1.807) is 0 Å². The molecule has 8 bridgehead atoms. The molecule has 0 radical (unpaired) electrons. The third-order valence-electron chi connectivity index (χ3n) is 6.03. The van der Waals surface area contributed by atoms with Gasteiger partial charge >= 0.3 is 0 Å². The van der Waals surface area contributed by atoms with Crippen LogP contribution < -0.4 is 0 Å². The van der Waals surface area contributed by atoms with E-state index in [0.717, 1.165) is 44.5 Å². The Morgan fingerprint density at radius 2 is 0.500 bits per heavy atom. The lowest BCUT2D eigenvalue weighted by atomic mass is 10.0. The summed E-state index contributed by atoms with van der Waals surface area (Å²) in [7, 11) is -6.64. The van der Waals surface area contributed by atoms with Gasteiger partial charge in [-0.2, -0.15) is 0 Å². The minimum atomic E-state index is -3.32. The van der Waals surface area contributed by atoms with Crippen molar-refractivity contribution in [2.75, 3.05) is 0 Å². The second-order valence-corrected chi connectivity index (χ2v) is 13.0. The highest BCUT2D eigenvalue weighted by atomic mass is 32.2. The number of benzene rings is 4. The van der Waals surface area contributed by atoms with Crippen molar-refractivity contribution in [3.63, 3.8) is 0 Å². The van der Waals surface area contributed by atoms with Gasteiger partial charge in [0.05, 0.1) is 23.0 Å². The normalized spacial score (nSPS) is 16.7. The summed E-state index contributed by atoms with van der Waals surface area (Å²) in [5, 5.41) is 0. The largest absolute Gasteiger partial charge is 0.228 e. The number of rotatable bonds is 0. The smallest absolute Gasteiger partial charge is 0.158 e. The van der Waals surface area contributed by atoms with E-state index in [4.69, 9.17) is 0 Å². The SMILES string of the molecule is O=S1(=O)Cc2ccc(cc2)-c2ccc(cc2)CS(=O)(=O)Cc2ccc(cc2)-c2ccc(cc2)C1. The maximum absolute atomic E-state index is 12.8. The monoisotopic (exact) mass is 488 g/mol. The van der Waals surface area contributed by atoms with Crippen molar-refractivity contribution in [3.05, 3.63) is 119 Å². The van der Waals surface area contributed by atoms with Crippen LogP contribution in [0.2, 0.25) is 0 Å². The van der Waals surface area contributed by atoms with Gasteiger partial charge in [0.25, 0.3) is 0 Å². The number of sulfone groups is 2. The lowest BCUT2D eigenvalue weighted by Crippen LogP contribution is -2.08. The fraction of sp³-hybridized carbons (Fsp3) is 0.143. The highest BCUT2D eigenvalue weighted by molar-refractivity contribution is 7.90. The Hall–Kier alpha value is -3.22. The zero-order chi connectivity index (χ0) is 23.8. The Bertz CT molecular complexity index is 1290. The molecular formula is C28H24O4S2. The topological polar surface area (TPSA) is 68.3 Å². The molecule has 0 aromatic heterocycles. The molecule has 0 saturated heterocycles. The first-order chi connectivity index (χ1) is 16.2. The third-order valence-corrected chi connectivity index (χ3v) is 9.12. The standard InChI is InChI=1S/C28H24O4S2/c29-33(30)17-21-1-9-25(10-2-21)26-11-3-23(4-12-26)19-34(31,32)20-24-7-15-28(16-8-24)27-13-5-22(18-33)6-14-27/h1-16H,17-20H2. The summed E-state index contributed by atoms with van der Waals surface area (Å²) in [4.78, 5) is 0. The second kappa shape index (κ2) is 8.85. The number of hydrogen-bond acceptors (Lipinski definition) is 4. The molecule has 0 fully saturated rings. The lowest BCUT2D eigenvalue weighted by molar-refractivity contribution is 0.592. The van der Waals surface area contributed by atoms with Crippen molar-refractivity contribution in [1.29, 1.82) is 0 Å². The Kier molecular flexibility index (Phi) is 5.88. The molecule has 0 amide bonds. The van der Waals surface area contributed by atoms with Crippen molar-refractivity contribution in [2.24, 2.45) is 0 Å². The van der Waals surface area contributed by atoms with Crippen LogP contribution in [0.4, 0.5) is 0 Å². The van der Waals surface area contributed by atoms with Crippen molar-refractivity contribution in [2.45, 2.75) is 23.0 Å². The highest BCUT2D eigenvalue weighted by Crippen LogP contribution is 2.25. The maximum atomic E-state index is 12.8. The van der Waals surface area contributed by atoms with Crippen LogP contribution in [0, 0.1) is 0 Å². The summed E-state index contributed by atoms with van der Waals surface area (Å²) in [6.45, 7) is 0. The van der Waals surface area contributed by atoms with Gasteiger partial charge in [0.15, 0.2) is 19.7 Å². The van der Waals surface area contributed by atoms with E-state index >= 15 is 0 Å². The molecule has 4 nitrogen and oxygen atoms in total. The fourth-order valence-corrected chi connectivity index (χ4v) is 7.30. The summed E-state index contributed by atoms with van der Waals surface area (Å²) in [5.41, 5.74) is 6.77. The molecule has 4 aromatic carbocycles. The Balaban J connectivity index is 1.53. The van der Waals surface area contributed by atoms with E-state index in [1.807, 2.05) is 97.1 Å². The van der Waals surface area contributed by atoms with E-state index in [9.17, 15) is 16.8 Å². The van der Waals surface area contributed by atoms with Gasteiger partial charge in [0.1, 0.15) is 0 Å². The Morgan fingerprint density at radius 3 is 0.676 bits per heavy atom. The van der Waals surface area contributed by atoms with Gasteiger partial charge in [0, 0.05) is 0 Å². The summed E-state index contributed by atoms with van der Waals surface area (Å²) in [5.74, 6) is -0.0822. The van der Waals surface area contributed by atoms with Crippen LogP contribution in [0.3, 0.4) is 0 Å². The van der Waals surface area contributed by atoms with E-state index in [1.165, 1.54) is 0 Å². The van der Waals surface area contributed by atoms with Crippen LogP contribution >= 0.6 is 0 Å². The summed E-state index contributed by atoms with van der Waals surface area (Å²) in [6, 6.07) is 29.9. The highest BCUT2D eigenvalue weighted by Gasteiger charge is 2.16. The summed E-state index contributed by atoms with van der Waals surface area (Å²) >= 11 is 0. The Morgan fingerprint density at radius 1 is 0.324 bits per heavy atom. The molecule has 11 rings (SSSR count). The molecule has 172 valence electrons. The average Bonchev–Trinajstić information content (AvgIpc) is 2.80. The molecule has 7 aliphatic heterocycles. The molecule has 7 heterocycles. The van der Waals surface area contributed by atoms with Gasteiger partial charge in [0.2, 0.25) is 0 Å². The van der Waals surface area contributed by atoms with Crippen LogP contribution in [0.15, 0.2) is 97.1 Å². The first-order valence-electron chi connectivity index (χ1n) is 11.0. The molecule has 7 aliphatic rings. The molecule has 0 saturated carbocycles. The fourth-order valence-electron chi connectivity index (χ4n) is 4.29. The van der Waals surface area contributed by atoms with Gasteiger partial charge in [-0.05, 0) is 44.5 Å². The lowest BCUT2D eigenvalue weighted by Gasteiger charge is -2.10. The molecule has 0 atom stereocenters. The Labute approximate surface area is 200 Å². The van der Waals surface area contributed by atoms with Crippen molar-refractivity contribution in [1.82, 2.24) is 0 Å². The molecule has 0 N–H and O–H groups in total. The predicted molar refractivity (Wildman–Crippen MR) is 136 cm³/mol. The van der Waals surface area contributed by atoms with Crippen LogP contribution in [-0.4, -0.2) is 16.8 Å². The first kappa shape index (κ1) is 22.6. The third kappa shape index (κ3) is 5.29. The number of hydrogen-bond donors (Lipinski definition) is 0. The minimum absolute atomic E-state index is 0.0205. The molecule has 0 spiro atoms. The van der Waals surface area contributed by atoms with Gasteiger partial charge in [-0.15, -0.1) is 0 Å². The van der Waals surface area contributed by atoms with Crippen molar-refractivity contribution in [3.8, 4) is 22.3 Å². The van der Waals surface area contributed by atoms with E-state index in [-0.39, 0.29) is 23.0 Å². The predicted octanol–water partition coefficient (Wildman–Crippen LogP) is 5.56. The van der Waals surface area contributed by atoms with E-state index < -0.39 is 19.7 Å². The quantitative estimate of drug-likeness (QED) is 0.325. The molecule has 34 heavy (non-hydrogen) atoms. The zero-order valence-corrected chi connectivity index (χ0v) is 20.1. The van der Waals surface area contributed by atoms with Gasteiger partial charge in [-0.3, -0.25) is 0 Å². The van der Waals surface area contributed by atoms with Crippen molar-refractivity contribution < 1.29 is 16.8 Å². The molecule has 6 heteroatoms. The summed E-state index contributed by atoms with van der Waals surface area (Å²) < 4.78 is 51.2. The molecule has 0 unspecified atom stereocenters. The molecule has 4 aromatic rings. The van der Waals surface area contributed by atoms with Gasteiger partial charge in [-0.25, -0.2) is 16.8 Å². The summed E-state index contributed by atoms with van der Waals surface area (Å²) in [6.07, 6.45) is 0. The van der Waals surface area contributed by atoms with Crippen LogP contribution in [0.25, 0.3) is 22.3 Å². The van der Waals surface area contributed by atoms with Gasteiger partial charge in [-0.1, -0.05) is 97.1 Å². The molecular weight excluding hydrogens is 464 g/mol. The van der Waals surface area contributed by atoms with Crippen LogP contribution in [-0.2, 0) is 42.7 Å². The van der Waals surface area contributed by atoms with Crippen molar-refractivity contribution >= 4 is 19.7 Å². The van der Waals surface area contributed by atoms with E-state index in [2.05, 4.69) is 0 Å². The second-order valence-electron chi connectivity index (χ2n) is 8.85. The maximum Gasteiger partial charge on any atom is 0.158 e. The van der Waals surface area contributed by atoms with E-state index in [0.29, 0.717) is 0 Å². The van der Waals surface area contributed by atoms with Crippen LogP contribution in [0.5, 0.6) is 0 Å². The zero-order valence-electron chi connectivity index (χ0n) is 18.5. The molecule has 0 aliphatic carbocycles. The minimum Gasteiger partial charge on any atom is -0.228 e. The average molecular weight is 489 g/mol. The first-order valence-corrected chi connectivity index (χ1v) is 14.7. The van der Waals surface area contributed by atoms with Crippen LogP contribution in [0.1, 0.15) is 22.3 Å².